The summed E-state index contributed by atoms with van der Waals surface area (Å²) in [4.78, 5) is 0. The van der Waals surface area contributed by atoms with Gasteiger partial charge in [-0.15, -0.1) is 0 Å². The Morgan fingerprint density at radius 2 is 1.87 bits per heavy atom. The van der Waals surface area contributed by atoms with E-state index in [0.717, 1.165) is 18.5 Å². The first kappa shape index (κ1) is 10.6. The van der Waals surface area contributed by atoms with Crippen molar-refractivity contribution in [3.8, 4) is 0 Å². The first-order valence-corrected chi connectivity index (χ1v) is 5.36. The second-order valence-electron chi connectivity index (χ2n) is 4.02. The molecule has 0 saturated heterocycles. The molecule has 1 aromatic rings. The third-order valence-corrected chi connectivity index (χ3v) is 2.66. The Hall–Kier alpha value is -0.960. The van der Waals surface area contributed by atoms with E-state index in [1.54, 1.807) is 12.1 Å². The Balaban J connectivity index is 1.80. The Morgan fingerprint density at radius 1 is 1.20 bits per heavy atom. The van der Waals surface area contributed by atoms with Gasteiger partial charge in [-0.05, 0) is 31.4 Å². The molecular weight excluding hydrogens is 196 g/mol. The SMILES string of the molecule is FC(F)c1ccc(CCNC2CC2)cc1. The topological polar surface area (TPSA) is 12.0 Å². The summed E-state index contributed by atoms with van der Waals surface area (Å²) in [5.41, 5.74) is 1.22. The summed E-state index contributed by atoms with van der Waals surface area (Å²) < 4.78 is 24.5. The third-order valence-electron chi connectivity index (χ3n) is 2.66. The van der Waals surface area contributed by atoms with Crippen molar-refractivity contribution in [1.29, 1.82) is 0 Å². The lowest BCUT2D eigenvalue weighted by atomic mass is 10.1. The van der Waals surface area contributed by atoms with Crippen LogP contribution in [0, 0.1) is 0 Å². The highest BCUT2D eigenvalue weighted by molar-refractivity contribution is 5.23. The molecule has 0 bridgehead atoms. The van der Waals surface area contributed by atoms with E-state index in [9.17, 15) is 8.78 Å². The van der Waals surface area contributed by atoms with Crippen LogP contribution in [0.1, 0.15) is 30.4 Å². The molecule has 0 heterocycles. The lowest BCUT2D eigenvalue weighted by molar-refractivity contribution is 0.151. The second-order valence-corrected chi connectivity index (χ2v) is 4.02. The van der Waals surface area contributed by atoms with Gasteiger partial charge in [-0.3, -0.25) is 0 Å². The fourth-order valence-corrected chi connectivity index (χ4v) is 1.54. The Labute approximate surface area is 88.5 Å². The molecule has 0 amide bonds. The number of nitrogens with one attached hydrogen (secondary N) is 1. The van der Waals surface area contributed by atoms with Crippen LogP contribution >= 0.6 is 0 Å². The van der Waals surface area contributed by atoms with Crippen LogP contribution in [-0.2, 0) is 6.42 Å². The van der Waals surface area contributed by atoms with Crippen molar-refractivity contribution in [3.05, 3.63) is 35.4 Å². The van der Waals surface area contributed by atoms with Crippen LogP contribution < -0.4 is 5.32 Å². The minimum atomic E-state index is -2.36. The number of benzene rings is 1. The van der Waals surface area contributed by atoms with Crippen LogP contribution in [0.2, 0.25) is 0 Å². The van der Waals surface area contributed by atoms with E-state index in [2.05, 4.69) is 5.32 Å². The minimum absolute atomic E-state index is 0.105. The molecule has 0 aliphatic heterocycles. The normalized spacial score (nSPS) is 15.9. The van der Waals surface area contributed by atoms with Gasteiger partial charge in [-0.1, -0.05) is 24.3 Å². The van der Waals surface area contributed by atoms with E-state index < -0.39 is 6.43 Å². The van der Waals surface area contributed by atoms with Gasteiger partial charge < -0.3 is 5.32 Å². The zero-order valence-corrected chi connectivity index (χ0v) is 8.55. The largest absolute Gasteiger partial charge is 0.314 e. The Morgan fingerprint density at radius 3 is 2.40 bits per heavy atom. The van der Waals surface area contributed by atoms with Gasteiger partial charge in [0.2, 0.25) is 0 Å². The van der Waals surface area contributed by atoms with Crippen molar-refractivity contribution >= 4 is 0 Å². The van der Waals surface area contributed by atoms with Gasteiger partial charge in [0.25, 0.3) is 6.43 Å². The lowest BCUT2D eigenvalue weighted by Crippen LogP contribution is -2.19. The van der Waals surface area contributed by atoms with Crippen LogP contribution in [-0.4, -0.2) is 12.6 Å². The van der Waals surface area contributed by atoms with Crippen LogP contribution in [0.5, 0.6) is 0 Å². The van der Waals surface area contributed by atoms with Gasteiger partial charge in [0.1, 0.15) is 0 Å². The fraction of sp³-hybridized carbons (Fsp3) is 0.500. The van der Waals surface area contributed by atoms with Crippen molar-refractivity contribution in [3.63, 3.8) is 0 Å². The molecular formula is C12H15F2N. The molecule has 0 spiro atoms. The molecule has 15 heavy (non-hydrogen) atoms. The molecule has 3 heteroatoms. The average molecular weight is 211 g/mol. The zero-order valence-electron chi connectivity index (χ0n) is 8.55. The molecule has 1 nitrogen and oxygen atoms in total. The maximum absolute atomic E-state index is 12.3. The molecule has 1 fully saturated rings. The lowest BCUT2D eigenvalue weighted by Gasteiger charge is -2.04. The number of halogens is 2. The first-order valence-electron chi connectivity index (χ1n) is 5.36. The zero-order chi connectivity index (χ0) is 10.7. The van der Waals surface area contributed by atoms with Gasteiger partial charge >= 0.3 is 0 Å². The molecule has 0 aromatic heterocycles. The Bertz CT molecular complexity index is 304. The van der Waals surface area contributed by atoms with Gasteiger partial charge in [0.15, 0.2) is 0 Å². The summed E-state index contributed by atoms with van der Waals surface area (Å²) in [5, 5.41) is 3.39. The highest BCUT2D eigenvalue weighted by Gasteiger charge is 2.19. The van der Waals surface area contributed by atoms with Crippen LogP contribution in [0.3, 0.4) is 0 Å². The summed E-state index contributed by atoms with van der Waals surface area (Å²) >= 11 is 0. The van der Waals surface area contributed by atoms with E-state index in [-0.39, 0.29) is 5.56 Å². The predicted octanol–water partition coefficient (Wildman–Crippen LogP) is 2.92. The number of hydrogen-bond acceptors (Lipinski definition) is 1. The van der Waals surface area contributed by atoms with Gasteiger partial charge in [0.05, 0.1) is 0 Å². The molecule has 0 atom stereocenters. The summed E-state index contributed by atoms with van der Waals surface area (Å²) in [6, 6.07) is 7.31. The maximum Gasteiger partial charge on any atom is 0.263 e. The molecule has 1 aromatic carbocycles. The van der Waals surface area contributed by atoms with Crippen molar-refractivity contribution < 1.29 is 8.78 Å². The Kier molecular flexibility index (Phi) is 3.31. The quantitative estimate of drug-likeness (QED) is 0.789. The molecule has 1 saturated carbocycles. The molecule has 0 radical (unpaired) electrons. The van der Waals surface area contributed by atoms with E-state index in [1.807, 2.05) is 0 Å². The molecule has 0 unspecified atom stereocenters. The molecule has 1 N–H and O–H groups in total. The standard InChI is InChI=1S/C12H15F2N/c13-12(14)10-3-1-9(2-4-10)7-8-15-11-5-6-11/h1-4,11-12,15H,5-8H2. The van der Waals surface area contributed by atoms with Crippen LogP contribution in [0.25, 0.3) is 0 Å². The van der Waals surface area contributed by atoms with E-state index in [4.69, 9.17) is 0 Å². The number of alkyl halides is 2. The average Bonchev–Trinajstić information content (AvgIpc) is 3.02. The smallest absolute Gasteiger partial charge is 0.263 e. The molecule has 82 valence electrons. The van der Waals surface area contributed by atoms with Gasteiger partial charge in [-0.25, -0.2) is 8.78 Å². The summed E-state index contributed by atoms with van der Waals surface area (Å²) in [7, 11) is 0. The van der Waals surface area contributed by atoms with Gasteiger partial charge in [-0.2, -0.15) is 0 Å². The monoisotopic (exact) mass is 211 g/mol. The van der Waals surface area contributed by atoms with E-state index >= 15 is 0 Å². The number of hydrogen-bond donors (Lipinski definition) is 1. The first-order chi connectivity index (χ1) is 7.25. The third kappa shape index (κ3) is 3.27. The van der Waals surface area contributed by atoms with Crippen molar-refractivity contribution in [2.75, 3.05) is 6.54 Å². The predicted molar refractivity (Wildman–Crippen MR) is 56.1 cm³/mol. The fourth-order valence-electron chi connectivity index (χ4n) is 1.54. The van der Waals surface area contributed by atoms with Crippen LogP contribution in [0.15, 0.2) is 24.3 Å². The molecule has 2 rings (SSSR count). The highest BCUT2D eigenvalue weighted by atomic mass is 19.3. The number of rotatable bonds is 5. The molecule has 1 aliphatic carbocycles. The summed E-state index contributed by atoms with van der Waals surface area (Å²) in [5.74, 6) is 0. The van der Waals surface area contributed by atoms with Crippen molar-refractivity contribution in [1.82, 2.24) is 5.32 Å². The van der Waals surface area contributed by atoms with Crippen molar-refractivity contribution in [2.24, 2.45) is 0 Å². The van der Waals surface area contributed by atoms with E-state index in [1.165, 1.54) is 25.0 Å². The molecule has 1 aliphatic rings. The van der Waals surface area contributed by atoms with E-state index in [0.29, 0.717) is 6.04 Å². The van der Waals surface area contributed by atoms with Gasteiger partial charge in [0, 0.05) is 11.6 Å². The minimum Gasteiger partial charge on any atom is -0.314 e. The van der Waals surface area contributed by atoms with Crippen LogP contribution in [0.4, 0.5) is 8.78 Å². The highest BCUT2D eigenvalue weighted by Crippen LogP contribution is 2.20. The summed E-state index contributed by atoms with van der Waals surface area (Å²) in [6.07, 6.45) is 1.12. The maximum atomic E-state index is 12.3. The summed E-state index contributed by atoms with van der Waals surface area (Å²) in [6.45, 7) is 0.943. The van der Waals surface area contributed by atoms with Crippen molar-refractivity contribution in [2.45, 2.75) is 31.7 Å². The second kappa shape index (κ2) is 4.71.